The molecule has 4 rings (SSSR count). The molecule has 0 saturated heterocycles. The van der Waals surface area contributed by atoms with E-state index in [4.69, 9.17) is 0 Å². The van der Waals surface area contributed by atoms with Gasteiger partial charge in [0.25, 0.3) is 0 Å². The third-order valence-electron chi connectivity index (χ3n) is 4.53. The quantitative estimate of drug-likeness (QED) is 0.370. The van der Waals surface area contributed by atoms with Crippen LogP contribution in [0.5, 0.6) is 0 Å². The van der Waals surface area contributed by atoms with Crippen LogP contribution in [-0.2, 0) is 6.67 Å². The monoisotopic (exact) mass is 395 g/mol. The molecule has 0 saturated carbocycles. The summed E-state index contributed by atoms with van der Waals surface area (Å²) in [5.41, 5.74) is 3.47. The van der Waals surface area contributed by atoms with E-state index in [1.807, 2.05) is 6.92 Å². The van der Waals surface area contributed by atoms with Crippen molar-refractivity contribution in [2.45, 2.75) is 13.6 Å². The normalized spacial score (nSPS) is 11.0. The van der Waals surface area contributed by atoms with Gasteiger partial charge in [-0.1, -0.05) is 0 Å². The molecule has 0 spiro atoms. The summed E-state index contributed by atoms with van der Waals surface area (Å²) in [6, 6.07) is 11.9. The van der Waals surface area contributed by atoms with Crippen LogP contribution in [0.15, 0.2) is 60.9 Å². The molecule has 0 atom stereocenters. The van der Waals surface area contributed by atoms with Crippen LogP contribution in [0.3, 0.4) is 0 Å². The van der Waals surface area contributed by atoms with Crippen molar-refractivity contribution in [2.24, 2.45) is 0 Å². The number of hydrogen-bond donors (Lipinski definition) is 0. The third-order valence-corrected chi connectivity index (χ3v) is 4.53. The molecule has 2 heterocycles. The second-order valence-corrected chi connectivity index (χ2v) is 6.47. The maximum atomic E-state index is 13.4. The Kier molecular flexibility index (Phi) is 4.63. The Bertz CT molecular complexity index is 1180. The average molecular weight is 395 g/mol. The van der Waals surface area contributed by atoms with Crippen molar-refractivity contribution in [1.82, 2.24) is 19.6 Å². The lowest BCUT2D eigenvalue weighted by molar-refractivity contribution is -0.385. The standard InChI is InChI=1S/C20H15F2N5O2/c1-13-19(14-2-6-16(21)7-3-14)24-26(12-25-11-18(10-23-25)27(28)29)20(13)15-4-8-17(22)9-5-15/h2-11H,12H2,1H3. The summed E-state index contributed by atoms with van der Waals surface area (Å²) >= 11 is 0. The molecule has 0 radical (unpaired) electrons. The molecule has 0 unspecified atom stereocenters. The van der Waals surface area contributed by atoms with E-state index in [-0.39, 0.29) is 24.0 Å². The first-order valence-corrected chi connectivity index (χ1v) is 8.68. The fourth-order valence-electron chi connectivity index (χ4n) is 3.17. The van der Waals surface area contributed by atoms with Gasteiger partial charge in [0.15, 0.2) is 0 Å². The Morgan fingerprint density at radius 1 is 1.00 bits per heavy atom. The minimum absolute atomic E-state index is 0.114. The highest BCUT2D eigenvalue weighted by molar-refractivity contribution is 5.74. The van der Waals surface area contributed by atoms with E-state index in [1.165, 1.54) is 35.1 Å². The summed E-state index contributed by atoms with van der Waals surface area (Å²) in [5.74, 6) is -0.715. The Morgan fingerprint density at radius 3 is 2.14 bits per heavy atom. The molecule has 0 fully saturated rings. The van der Waals surface area contributed by atoms with Crippen molar-refractivity contribution >= 4 is 5.69 Å². The molecule has 0 amide bonds. The fourth-order valence-corrected chi connectivity index (χ4v) is 3.17. The van der Waals surface area contributed by atoms with Crippen LogP contribution in [0.4, 0.5) is 14.5 Å². The first kappa shape index (κ1) is 18.5. The molecular formula is C20H15F2N5O2. The van der Waals surface area contributed by atoms with Crippen LogP contribution in [0.1, 0.15) is 5.56 Å². The van der Waals surface area contributed by atoms with Gasteiger partial charge in [0.2, 0.25) is 0 Å². The predicted molar refractivity (Wildman–Crippen MR) is 102 cm³/mol. The molecule has 0 N–H and O–H groups in total. The second-order valence-electron chi connectivity index (χ2n) is 6.47. The molecule has 2 aromatic carbocycles. The SMILES string of the molecule is Cc1c(-c2ccc(F)cc2)nn(Cn2cc([N+](=O)[O-])cn2)c1-c1ccc(F)cc1. The van der Waals surface area contributed by atoms with Gasteiger partial charge in [-0.2, -0.15) is 10.2 Å². The number of halogens is 2. The zero-order chi connectivity index (χ0) is 20.5. The highest BCUT2D eigenvalue weighted by Crippen LogP contribution is 2.32. The van der Waals surface area contributed by atoms with E-state index in [2.05, 4.69) is 10.2 Å². The number of rotatable bonds is 5. The molecule has 0 aliphatic rings. The smallest absolute Gasteiger partial charge is 0.258 e. The number of aromatic nitrogens is 4. The molecule has 0 bridgehead atoms. The average Bonchev–Trinajstić information content (AvgIpc) is 3.29. The van der Waals surface area contributed by atoms with Crippen molar-refractivity contribution in [3.05, 3.63) is 88.2 Å². The van der Waals surface area contributed by atoms with Crippen LogP contribution in [0.2, 0.25) is 0 Å². The minimum atomic E-state index is -0.525. The highest BCUT2D eigenvalue weighted by atomic mass is 19.1. The van der Waals surface area contributed by atoms with Crippen molar-refractivity contribution in [1.29, 1.82) is 0 Å². The lowest BCUT2D eigenvalue weighted by atomic mass is 10.0. The zero-order valence-electron chi connectivity index (χ0n) is 15.3. The van der Waals surface area contributed by atoms with Crippen molar-refractivity contribution in [3.8, 4) is 22.5 Å². The summed E-state index contributed by atoms with van der Waals surface area (Å²) < 4.78 is 29.8. The van der Waals surface area contributed by atoms with Gasteiger partial charge < -0.3 is 0 Å². The minimum Gasteiger partial charge on any atom is -0.258 e. The number of hydrogen-bond acceptors (Lipinski definition) is 4. The summed E-state index contributed by atoms with van der Waals surface area (Å²) in [4.78, 5) is 10.4. The molecular weight excluding hydrogens is 380 g/mol. The van der Waals surface area contributed by atoms with E-state index < -0.39 is 4.92 Å². The van der Waals surface area contributed by atoms with E-state index in [0.717, 1.165) is 22.9 Å². The van der Waals surface area contributed by atoms with Gasteiger partial charge in [0.1, 0.15) is 30.7 Å². The maximum Gasteiger partial charge on any atom is 0.307 e. The third kappa shape index (κ3) is 3.62. The topological polar surface area (TPSA) is 78.8 Å². The summed E-state index contributed by atoms with van der Waals surface area (Å²) in [5, 5.41) is 19.6. The largest absolute Gasteiger partial charge is 0.307 e. The van der Waals surface area contributed by atoms with E-state index in [9.17, 15) is 18.9 Å². The molecule has 7 nitrogen and oxygen atoms in total. The van der Waals surface area contributed by atoms with Crippen molar-refractivity contribution in [3.63, 3.8) is 0 Å². The lowest BCUT2D eigenvalue weighted by Crippen LogP contribution is -2.11. The number of nitrogens with zero attached hydrogens (tertiary/aromatic N) is 5. The van der Waals surface area contributed by atoms with E-state index in [1.54, 1.807) is 28.9 Å². The number of nitro groups is 1. The molecule has 4 aromatic rings. The lowest BCUT2D eigenvalue weighted by Gasteiger charge is -2.08. The van der Waals surface area contributed by atoms with Crippen LogP contribution < -0.4 is 0 Å². The number of benzene rings is 2. The van der Waals surface area contributed by atoms with Gasteiger partial charge in [0, 0.05) is 16.7 Å². The molecule has 2 aromatic heterocycles. The van der Waals surface area contributed by atoms with Crippen molar-refractivity contribution < 1.29 is 13.7 Å². The predicted octanol–water partition coefficient (Wildman–Crippen LogP) is 4.41. The van der Waals surface area contributed by atoms with Crippen LogP contribution in [0.25, 0.3) is 22.5 Å². The first-order chi connectivity index (χ1) is 13.9. The summed E-state index contributed by atoms with van der Waals surface area (Å²) in [7, 11) is 0. The Morgan fingerprint density at radius 2 is 1.59 bits per heavy atom. The zero-order valence-corrected chi connectivity index (χ0v) is 15.3. The summed E-state index contributed by atoms with van der Waals surface area (Å²) in [6.07, 6.45) is 2.47. The van der Waals surface area contributed by atoms with Gasteiger partial charge >= 0.3 is 5.69 Å². The highest BCUT2D eigenvalue weighted by Gasteiger charge is 2.19. The molecule has 146 valence electrons. The first-order valence-electron chi connectivity index (χ1n) is 8.68. The molecule has 0 aliphatic heterocycles. The van der Waals surface area contributed by atoms with E-state index in [0.29, 0.717) is 11.4 Å². The van der Waals surface area contributed by atoms with E-state index >= 15 is 0 Å². The van der Waals surface area contributed by atoms with Gasteiger partial charge in [-0.3, -0.25) is 10.1 Å². The van der Waals surface area contributed by atoms with Gasteiger partial charge in [-0.25, -0.2) is 18.1 Å². The van der Waals surface area contributed by atoms with Gasteiger partial charge in [0.05, 0.1) is 16.3 Å². The molecule has 0 aliphatic carbocycles. The van der Waals surface area contributed by atoms with Gasteiger partial charge in [-0.05, 0) is 55.5 Å². The summed E-state index contributed by atoms with van der Waals surface area (Å²) in [6.45, 7) is 1.98. The van der Waals surface area contributed by atoms with Crippen LogP contribution in [-0.4, -0.2) is 24.5 Å². The van der Waals surface area contributed by atoms with Crippen LogP contribution in [0, 0.1) is 28.7 Å². The Hall–Kier alpha value is -3.88. The Balaban J connectivity index is 1.83. The fraction of sp³-hybridized carbons (Fsp3) is 0.100. The maximum absolute atomic E-state index is 13.4. The second kappa shape index (κ2) is 7.27. The molecule has 9 heteroatoms. The van der Waals surface area contributed by atoms with Crippen molar-refractivity contribution in [2.75, 3.05) is 0 Å². The van der Waals surface area contributed by atoms with Gasteiger partial charge in [-0.15, -0.1) is 0 Å². The Labute approximate surface area is 164 Å². The van der Waals surface area contributed by atoms with Crippen LogP contribution >= 0.6 is 0 Å². The molecule has 29 heavy (non-hydrogen) atoms.